The van der Waals surface area contributed by atoms with Crippen LogP contribution < -0.4 is 21.2 Å². The van der Waals surface area contributed by atoms with E-state index >= 15 is 0 Å². The Morgan fingerprint density at radius 2 is 0.966 bits per heavy atom. The van der Waals surface area contributed by atoms with Gasteiger partial charge in [-0.15, -0.1) is 0 Å². The van der Waals surface area contributed by atoms with E-state index < -0.39 is 28.8 Å². The van der Waals surface area contributed by atoms with Crippen molar-refractivity contribution in [1.29, 1.82) is 0 Å². The molecule has 0 atom stereocenters. The van der Waals surface area contributed by atoms with Gasteiger partial charge in [0.1, 0.15) is 0 Å². The summed E-state index contributed by atoms with van der Waals surface area (Å²) < 4.78 is 87.1. The number of rotatable bonds is 8. The Balaban J connectivity index is 1.55. The van der Waals surface area contributed by atoms with Gasteiger partial charge < -0.3 is 0 Å². The van der Waals surface area contributed by atoms with E-state index in [1.54, 1.807) is 24.3 Å². The molecule has 0 aliphatic heterocycles. The second-order valence-electron chi connectivity index (χ2n) is 14.1. The number of carbonyl (C=O) groups is 1. The second-order valence-corrected chi connectivity index (χ2v) is 23.0. The number of hydrogen-bond acceptors (Lipinski definition) is 1. The Morgan fingerprint density at radius 3 is 1.48 bits per heavy atom. The van der Waals surface area contributed by atoms with Crippen LogP contribution in [0.25, 0.3) is 32.7 Å². The van der Waals surface area contributed by atoms with Gasteiger partial charge in [0.25, 0.3) is 0 Å². The van der Waals surface area contributed by atoms with Gasteiger partial charge >= 0.3 is 340 Å². The fourth-order valence-electron chi connectivity index (χ4n) is 7.97. The molecule has 0 saturated heterocycles. The van der Waals surface area contributed by atoms with Crippen molar-refractivity contribution >= 4 is 69.8 Å². The molecule has 2 nitrogen and oxygen atoms in total. The molecule has 0 aliphatic carbocycles. The molecule has 10 heteroatoms. The summed E-state index contributed by atoms with van der Waals surface area (Å²) in [7, 11) is 0. The molecule has 0 heterocycles. The molecule has 8 aromatic carbocycles. The first kappa shape index (κ1) is 39.1. The van der Waals surface area contributed by atoms with Gasteiger partial charge in [0, 0.05) is 0 Å². The van der Waals surface area contributed by atoms with E-state index in [0.29, 0.717) is 38.3 Å². The minimum absolute atomic E-state index is 0.154. The summed E-state index contributed by atoms with van der Waals surface area (Å²) >= 11 is 4.40. The molecule has 0 saturated carbocycles. The molecule has 0 spiro atoms. The third-order valence-electron chi connectivity index (χ3n) is 10.6. The Bertz CT molecular complexity index is 2740. The molecule has 1 N–H and O–H groups in total. The van der Waals surface area contributed by atoms with Gasteiger partial charge in [0.05, 0.1) is 0 Å². The number of benzene rings is 8. The molecule has 290 valence electrons. The van der Waals surface area contributed by atoms with Crippen LogP contribution in [0.2, 0.25) is 0 Å². The maximum absolute atomic E-state index is 14.5. The van der Waals surface area contributed by atoms with Crippen molar-refractivity contribution in [3.63, 3.8) is 0 Å². The van der Waals surface area contributed by atoms with Crippen molar-refractivity contribution in [2.45, 2.75) is 18.5 Å². The zero-order chi connectivity index (χ0) is 40.7. The van der Waals surface area contributed by atoms with Crippen LogP contribution in [0.1, 0.15) is 27.0 Å². The number of anilines is 1. The van der Waals surface area contributed by atoms with Crippen LogP contribution in [-0.4, -0.2) is 5.91 Å². The molecule has 58 heavy (non-hydrogen) atoms. The second kappa shape index (κ2) is 14.9. The summed E-state index contributed by atoms with van der Waals surface area (Å²) in [5.41, 5.74) is -0.720. The molecule has 0 aliphatic rings. The summed E-state index contributed by atoms with van der Waals surface area (Å²) in [5, 5.41) is 3.94. The Kier molecular flexibility index (Phi) is 10.0. The van der Waals surface area contributed by atoms with Crippen molar-refractivity contribution < 1.29 is 31.1 Å². The third kappa shape index (κ3) is 6.97. The number of carbonyl (C=O) groups excluding carboxylic acids is 1. The molecule has 0 fully saturated rings. The van der Waals surface area contributed by atoms with E-state index in [4.69, 9.17) is 0 Å². The molecular formula is C48H33BrF6NOP. The number of halogens is 7. The molecule has 0 bridgehead atoms. The maximum atomic E-state index is 14.5. The van der Waals surface area contributed by atoms with Crippen LogP contribution in [0, 0.1) is 0 Å². The molecule has 0 unspecified atom stereocenters. The molecule has 1 amide bonds. The SMILES string of the molecule is O=C(Nc1ccc2ccccc2c1-c1c(P(Br)(Cc2cc(C(F)(F)F)cc(C(F)(F)F)c2)(c2ccccc2)c2ccccc2)ccc2ccccc12)c1ccccc1. The average Bonchev–Trinajstić information content (AvgIpc) is 3.23. The fraction of sp³-hybridized carbons (Fsp3) is 0.0625. The van der Waals surface area contributed by atoms with Gasteiger partial charge in [-0.05, 0) is 0 Å². The van der Waals surface area contributed by atoms with E-state index in [1.165, 1.54) is 0 Å². The van der Waals surface area contributed by atoms with Crippen LogP contribution in [0.4, 0.5) is 32.0 Å². The zero-order valence-corrected chi connectivity index (χ0v) is 33.0. The third-order valence-corrected chi connectivity index (χ3v) is 20.0. The van der Waals surface area contributed by atoms with Crippen molar-refractivity contribution in [2.24, 2.45) is 0 Å². The topological polar surface area (TPSA) is 29.1 Å². The Morgan fingerprint density at radius 1 is 0.517 bits per heavy atom. The van der Waals surface area contributed by atoms with E-state index in [0.717, 1.165) is 33.7 Å². The predicted molar refractivity (Wildman–Crippen MR) is 229 cm³/mol. The van der Waals surface area contributed by atoms with E-state index in [9.17, 15) is 31.1 Å². The Labute approximate surface area is 338 Å². The number of hydrogen-bond donors (Lipinski definition) is 1. The van der Waals surface area contributed by atoms with Crippen molar-refractivity contribution in [1.82, 2.24) is 0 Å². The zero-order valence-electron chi connectivity index (χ0n) is 30.5. The predicted octanol–water partition coefficient (Wildman–Crippen LogP) is 13.3. The van der Waals surface area contributed by atoms with Gasteiger partial charge in [-0.2, -0.15) is 0 Å². The Hall–Kier alpha value is -5.76. The monoisotopic (exact) mass is 863 g/mol. The number of fused-ring (bicyclic) bond motifs is 2. The van der Waals surface area contributed by atoms with E-state index in [1.807, 2.05) is 140 Å². The number of amides is 1. The van der Waals surface area contributed by atoms with Crippen molar-refractivity contribution in [3.05, 3.63) is 204 Å². The quantitative estimate of drug-likeness (QED) is 0.120. The van der Waals surface area contributed by atoms with E-state index in [2.05, 4.69) is 20.8 Å². The van der Waals surface area contributed by atoms with Crippen LogP contribution in [0.15, 0.2) is 182 Å². The van der Waals surface area contributed by atoms with Crippen molar-refractivity contribution in [2.75, 3.05) is 5.32 Å². The van der Waals surface area contributed by atoms with Crippen LogP contribution in [-0.2, 0) is 18.5 Å². The summed E-state index contributed by atoms with van der Waals surface area (Å²) in [5.74, 6) is -0.356. The summed E-state index contributed by atoms with van der Waals surface area (Å²) in [6, 6.07) is 52.0. The van der Waals surface area contributed by atoms with Gasteiger partial charge in [0.15, 0.2) is 0 Å². The van der Waals surface area contributed by atoms with Crippen LogP contribution >= 0.6 is 20.8 Å². The van der Waals surface area contributed by atoms with Crippen LogP contribution in [0.5, 0.6) is 0 Å². The molecule has 0 radical (unpaired) electrons. The summed E-state index contributed by atoms with van der Waals surface area (Å²) in [4.78, 5) is 14.0. The van der Waals surface area contributed by atoms with Crippen LogP contribution in [0.3, 0.4) is 0 Å². The number of nitrogens with one attached hydrogen (secondary N) is 1. The normalized spacial score (nSPS) is 12.9. The van der Waals surface area contributed by atoms with Gasteiger partial charge in [-0.3, -0.25) is 0 Å². The average molecular weight is 865 g/mol. The standard InChI is InChI=1S/C48H33BrF6NOP/c49-58(38-18-6-2-7-19-38,39-20-8-3-9-21-39,31-32-28-36(47(50,51)52)30-37(29-32)48(53,54)55)43-27-25-34-15-11-13-23-41(34)45(43)44-40-22-12-10-14-33(40)24-26-42(44)56-46(57)35-16-4-1-5-17-35/h1-30H,31H2,(H,56,57). The van der Waals surface area contributed by atoms with Gasteiger partial charge in [-0.1, -0.05) is 0 Å². The molecule has 8 aromatic rings. The molecule has 0 aromatic heterocycles. The molecule has 8 rings (SSSR count). The summed E-state index contributed by atoms with van der Waals surface area (Å²) in [6.45, 7) is 0. The first-order chi connectivity index (χ1) is 27.7. The van der Waals surface area contributed by atoms with Gasteiger partial charge in [-0.25, -0.2) is 0 Å². The fourth-order valence-corrected chi connectivity index (χ4v) is 16.1. The van der Waals surface area contributed by atoms with E-state index in [-0.39, 0.29) is 23.7 Å². The number of alkyl halides is 6. The van der Waals surface area contributed by atoms with Gasteiger partial charge in [0.2, 0.25) is 0 Å². The minimum atomic E-state index is -5.05. The first-order valence-electron chi connectivity index (χ1n) is 18.3. The van der Waals surface area contributed by atoms with Crippen molar-refractivity contribution in [3.8, 4) is 11.1 Å². The summed E-state index contributed by atoms with van der Waals surface area (Å²) in [6.07, 6.45) is -10.4. The first-order valence-corrected chi connectivity index (χ1v) is 22.7. The molecular weight excluding hydrogens is 831 g/mol.